The molecule has 1 saturated heterocycles. The van der Waals surface area contributed by atoms with Crippen molar-refractivity contribution in [1.29, 1.82) is 0 Å². The van der Waals surface area contributed by atoms with E-state index in [2.05, 4.69) is 21.3 Å². The van der Waals surface area contributed by atoms with Gasteiger partial charge in [0.1, 0.15) is 0 Å². The Balaban J connectivity index is 1.48. The van der Waals surface area contributed by atoms with Gasteiger partial charge >= 0.3 is 0 Å². The highest BCUT2D eigenvalue weighted by Gasteiger charge is 2.20. The summed E-state index contributed by atoms with van der Waals surface area (Å²) in [7, 11) is 2.00. The molecule has 134 valence electrons. The molecule has 1 N–H and O–H groups in total. The van der Waals surface area contributed by atoms with Crippen molar-refractivity contribution < 1.29 is 0 Å². The second-order valence-corrected chi connectivity index (χ2v) is 6.99. The largest absolute Gasteiger partial charge is 0.369 e. The fourth-order valence-electron chi connectivity index (χ4n) is 3.81. The molecule has 3 aromatic rings. The Morgan fingerprint density at radius 1 is 1.23 bits per heavy atom. The molecule has 0 bridgehead atoms. The van der Waals surface area contributed by atoms with Crippen molar-refractivity contribution in [3.8, 4) is 0 Å². The molecule has 3 heterocycles. The number of aryl methyl sites for hydroxylation is 1. The molecule has 0 spiro atoms. The number of fused-ring (bicyclic) bond motifs is 1. The molecule has 0 aliphatic carbocycles. The van der Waals surface area contributed by atoms with Crippen LogP contribution in [0, 0.1) is 0 Å². The van der Waals surface area contributed by atoms with Crippen LogP contribution >= 0.6 is 0 Å². The third-order valence-corrected chi connectivity index (χ3v) is 5.18. The van der Waals surface area contributed by atoms with Crippen LogP contribution in [-0.4, -0.2) is 28.7 Å². The Labute approximate surface area is 153 Å². The van der Waals surface area contributed by atoms with E-state index in [1.807, 2.05) is 54.3 Å². The van der Waals surface area contributed by atoms with Crippen molar-refractivity contribution in [2.45, 2.75) is 25.4 Å². The first-order chi connectivity index (χ1) is 12.7. The maximum absolute atomic E-state index is 12.8. The van der Waals surface area contributed by atoms with Crippen LogP contribution in [-0.2, 0) is 13.6 Å². The Bertz CT molecular complexity index is 951. The molecular weight excluding hydrogens is 324 g/mol. The zero-order chi connectivity index (χ0) is 17.9. The number of benzene rings is 1. The predicted molar refractivity (Wildman–Crippen MR) is 106 cm³/mol. The molecule has 4 rings (SSSR count). The summed E-state index contributed by atoms with van der Waals surface area (Å²) >= 11 is 0. The van der Waals surface area contributed by atoms with Crippen LogP contribution in [0.2, 0.25) is 0 Å². The molecule has 1 fully saturated rings. The topological polar surface area (TPSA) is 50.2 Å². The summed E-state index contributed by atoms with van der Waals surface area (Å²) in [5, 5.41) is 4.38. The molecule has 2 aromatic heterocycles. The summed E-state index contributed by atoms with van der Waals surface area (Å²) < 4.78 is 2.04. The molecule has 1 atom stereocenters. The number of para-hydroxylation sites is 1. The lowest BCUT2D eigenvalue weighted by atomic mass is 10.0. The van der Waals surface area contributed by atoms with Crippen molar-refractivity contribution in [3.63, 3.8) is 0 Å². The maximum atomic E-state index is 12.8. The average Bonchev–Trinajstić information content (AvgIpc) is 2.70. The lowest BCUT2D eigenvalue weighted by Crippen LogP contribution is -2.46. The van der Waals surface area contributed by atoms with Crippen molar-refractivity contribution in [2.24, 2.45) is 7.05 Å². The highest BCUT2D eigenvalue weighted by Crippen LogP contribution is 2.19. The van der Waals surface area contributed by atoms with E-state index >= 15 is 0 Å². The van der Waals surface area contributed by atoms with E-state index in [9.17, 15) is 4.79 Å². The van der Waals surface area contributed by atoms with Crippen molar-refractivity contribution in [3.05, 3.63) is 70.8 Å². The number of nitrogens with zero attached hydrogens (tertiary/aromatic N) is 3. The van der Waals surface area contributed by atoms with Crippen molar-refractivity contribution >= 4 is 16.6 Å². The Hall–Kier alpha value is -2.66. The van der Waals surface area contributed by atoms with E-state index in [1.54, 1.807) is 6.20 Å². The first kappa shape index (κ1) is 16.8. The maximum Gasteiger partial charge on any atom is 0.193 e. The van der Waals surface area contributed by atoms with Crippen LogP contribution in [0.15, 0.2) is 59.8 Å². The first-order valence-corrected chi connectivity index (χ1v) is 9.18. The Morgan fingerprint density at radius 3 is 2.96 bits per heavy atom. The minimum atomic E-state index is 0.131. The highest BCUT2D eigenvalue weighted by atomic mass is 16.1. The van der Waals surface area contributed by atoms with Crippen LogP contribution in [0.25, 0.3) is 10.9 Å². The Morgan fingerprint density at radius 2 is 2.12 bits per heavy atom. The molecule has 5 heteroatoms. The molecule has 26 heavy (non-hydrogen) atoms. The molecular formula is C21H24N4O. The van der Waals surface area contributed by atoms with Crippen LogP contribution < -0.4 is 15.6 Å². The third kappa shape index (κ3) is 3.35. The SMILES string of the molecule is Cn1cc(CN[C@H]2CCCN(c3cccnc3)C2)c(=O)c2ccccc21. The smallest absolute Gasteiger partial charge is 0.193 e. The monoisotopic (exact) mass is 348 g/mol. The third-order valence-electron chi connectivity index (χ3n) is 5.18. The number of piperidine rings is 1. The number of rotatable bonds is 4. The molecule has 1 aromatic carbocycles. The number of hydrogen-bond acceptors (Lipinski definition) is 4. The van der Waals surface area contributed by atoms with Gasteiger partial charge in [-0.25, -0.2) is 0 Å². The lowest BCUT2D eigenvalue weighted by molar-refractivity contribution is 0.420. The summed E-state index contributed by atoms with van der Waals surface area (Å²) in [6.45, 7) is 2.60. The number of aromatic nitrogens is 2. The molecule has 1 aliphatic heterocycles. The molecule has 0 unspecified atom stereocenters. The fraction of sp³-hybridized carbons (Fsp3) is 0.333. The van der Waals surface area contributed by atoms with Gasteiger partial charge in [0.15, 0.2) is 5.43 Å². The van der Waals surface area contributed by atoms with Crippen LogP contribution in [0.1, 0.15) is 18.4 Å². The van der Waals surface area contributed by atoms with E-state index in [4.69, 9.17) is 0 Å². The second kappa shape index (κ2) is 7.30. The molecule has 0 saturated carbocycles. The first-order valence-electron chi connectivity index (χ1n) is 9.18. The minimum Gasteiger partial charge on any atom is -0.369 e. The molecule has 0 amide bonds. The van der Waals surface area contributed by atoms with E-state index in [-0.39, 0.29) is 5.43 Å². The summed E-state index contributed by atoms with van der Waals surface area (Å²) in [6.07, 6.45) is 7.95. The van der Waals surface area contributed by atoms with E-state index < -0.39 is 0 Å². The number of nitrogens with one attached hydrogen (secondary N) is 1. The summed E-state index contributed by atoms with van der Waals surface area (Å²) in [6, 6.07) is 12.2. The van der Waals surface area contributed by atoms with Crippen molar-refractivity contribution in [2.75, 3.05) is 18.0 Å². The minimum absolute atomic E-state index is 0.131. The Kier molecular flexibility index (Phi) is 4.71. The standard InChI is InChI=1S/C21H24N4O/c1-24-14-16(21(26)19-8-2-3-9-20(19)24)12-23-17-6-5-11-25(15-17)18-7-4-10-22-13-18/h2-4,7-10,13-14,17,23H,5-6,11-12,15H2,1H3/t17-/m0/s1. The van der Waals surface area contributed by atoms with E-state index in [0.29, 0.717) is 12.6 Å². The van der Waals surface area contributed by atoms with Gasteiger partial charge in [0.2, 0.25) is 0 Å². The van der Waals surface area contributed by atoms with Gasteiger partial charge in [0, 0.05) is 56.1 Å². The van der Waals surface area contributed by atoms with Gasteiger partial charge in [0.25, 0.3) is 0 Å². The van der Waals surface area contributed by atoms with Crippen molar-refractivity contribution in [1.82, 2.24) is 14.9 Å². The summed E-state index contributed by atoms with van der Waals surface area (Å²) in [5.74, 6) is 0. The fourth-order valence-corrected chi connectivity index (χ4v) is 3.81. The van der Waals surface area contributed by atoms with Crippen LogP contribution in [0.5, 0.6) is 0 Å². The van der Waals surface area contributed by atoms with E-state index in [0.717, 1.165) is 42.4 Å². The van der Waals surface area contributed by atoms with Gasteiger partial charge in [-0.15, -0.1) is 0 Å². The average molecular weight is 348 g/mol. The van der Waals surface area contributed by atoms with Gasteiger partial charge in [-0.05, 0) is 37.1 Å². The van der Waals surface area contributed by atoms with Gasteiger partial charge in [-0.2, -0.15) is 0 Å². The van der Waals surface area contributed by atoms with Crippen LogP contribution in [0.3, 0.4) is 0 Å². The lowest BCUT2D eigenvalue weighted by Gasteiger charge is -2.34. The van der Waals surface area contributed by atoms with Gasteiger partial charge in [-0.1, -0.05) is 12.1 Å². The van der Waals surface area contributed by atoms with Gasteiger partial charge < -0.3 is 14.8 Å². The quantitative estimate of drug-likeness (QED) is 0.788. The zero-order valence-electron chi connectivity index (χ0n) is 15.1. The van der Waals surface area contributed by atoms with Gasteiger partial charge in [-0.3, -0.25) is 9.78 Å². The van der Waals surface area contributed by atoms with Gasteiger partial charge in [0.05, 0.1) is 17.4 Å². The summed E-state index contributed by atoms with van der Waals surface area (Å²) in [4.78, 5) is 19.4. The molecule has 1 aliphatic rings. The number of hydrogen-bond donors (Lipinski definition) is 1. The molecule has 5 nitrogen and oxygen atoms in total. The number of anilines is 1. The van der Waals surface area contributed by atoms with Crippen LogP contribution in [0.4, 0.5) is 5.69 Å². The number of pyridine rings is 2. The summed E-state index contributed by atoms with van der Waals surface area (Å²) in [5.41, 5.74) is 3.10. The molecule has 0 radical (unpaired) electrons. The highest BCUT2D eigenvalue weighted by molar-refractivity contribution is 5.79. The van der Waals surface area contributed by atoms with E-state index in [1.165, 1.54) is 5.69 Å². The predicted octanol–water partition coefficient (Wildman–Crippen LogP) is 2.69. The second-order valence-electron chi connectivity index (χ2n) is 6.99. The normalized spacial score (nSPS) is 17.6. The zero-order valence-corrected chi connectivity index (χ0v) is 15.1.